The number of carboxylic acids is 1. The highest BCUT2D eigenvalue weighted by Crippen LogP contribution is 2.85. The van der Waals surface area contributed by atoms with Gasteiger partial charge in [-0.1, -0.05) is 53.2 Å². The van der Waals surface area contributed by atoms with Crippen molar-refractivity contribution in [2.45, 2.75) is 167 Å². The predicted molar refractivity (Wildman–Crippen MR) is 240 cm³/mol. The molecular weight excluding hydrogens is 885 g/mol. The molecule has 17 heteroatoms. The number of fused-ring (bicyclic) bond motifs is 5. The first-order valence-corrected chi connectivity index (χ1v) is 24.5. The molecule has 0 aromatic heterocycles. The average Bonchev–Trinajstić information content (AvgIpc) is 4.03. The number of ether oxygens (including phenoxy) is 8. The Morgan fingerprint density at radius 2 is 1.46 bits per heavy atom. The van der Waals surface area contributed by atoms with Crippen molar-refractivity contribution < 1.29 is 83.2 Å². The summed E-state index contributed by atoms with van der Waals surface area (Å²) in [5.74, 6) is 0.00913. The van der Waals surface area contributed by atoms with E-state index in [0.29, 0.717) is 42.4 Å². The van der Waals surface area contributed by atoms with E-state index in [1.807, 2.05) is 0 Å². The molecule has 2 aliphatic heterocycles. The fourth-order valence-electron chi connectivity index (χ4n) is 15.8. The van der Waals surface area contributed by atoms with E-state index < -0.39 is 102 Å². The molecule has 7 N–H and O–H groups in total. The zero-order valence-electron chi connectivity index (χ0n) is 40.9. The van der Waals surface area contributed by atoms with Crippen molar-refractivity contribution in [3.05, 3.63) is 29.3 Å². The highest BCUT2D eigenvalue weighted by Gasteiger charge is 2.79. The van der Waals surface area contributed by atoms with Crippen LogP contribution in [0.1, 0.15) is 110 Å². The summed E-state index contributed by atoms with van der Waals surface area (Å²) in [7, 11) is 4.44. The van der Waals surface area contributed by atoms with Gasteiger partial charge in [0.25, 0.3) is 0 Å². The first-order valence-electron chi connectivity index (χ1n) is 24.5. The topological polar surface area (TPSA) is 250 Å². The van der Waals surface area contributed by atoms with Gasteiger partial charge in [-0.05, 0) is 103 Å². The number of carbonyl (C=O) groups is 2. The lowest BCUT2D eigenvalue weighted by Crippen LogP contribution is -2.66. The third-order valence-electron chi connectivity index (χ3n) is 19.4. The fraction of sp³-hybridized carbons (Fsp3) is 0.804. The Morgan fingerprint density at radius 3 is 2.09 bits per heavy atom. The molecule has 7 fully saturated rings. The van der Waals surface area contributed by atoms with Crippen molar-refractivity contribution in [1.29, 1.82) is 0 Å². The second kappa shape index (κ2) is 17.3. The van der Waals surface area contributed by atoms with Crippen molar-refractivity contribution in [1.82, 2.24) is 0 Å². The number of carboxylic acid groups (broad SMARTS) is 1. The maximum atomic E-state index is 13.9. The summed E-state index contributed by atoms with van der Waals surface area (Å²) in [5.41, 5.74) is -0.912. The molecule has 6 aliphatic carbocycles. The number of aliphatic carboxylic acids is 1. The lowest BCUT2D eigenvalue weighted by molar-refractivity contribution is -0.370. The number of rotatable bonds is 11. The molecule has 5 saturated carbocycles. The Bertz CT molecular complexity index is 2120. The minimum absolute atomic E-state index is 0.0969. The smallest absolute Gasteiger partial charge is 0.338 e. The largest absolute Gasteiger partial charge is 0.493 e. The molecule has 1 aromatic rings. The summed E-state index contributed by atoms with van der Waals surface area (Å²) >= 11 is 0. The Kier molecular flexibility index (Phi) is 12.7. The third kappa shape index (κ3) is 7.28. The molecule has 9 rings (SSSR count). The minimum atomic E-state index is -1.66. The fourth-order valence-corrected chi connectivity index (χ4v) is 15.8. The summed E-state index contributed by atoms with van der Waals surface area (Å²) in [6.07, 6.45) is -5.31. The van der Waals surface area contributed by atoms with Gasteiger partial charge < -0.3 is 73.6 Å². The van der Waals surface area contributed by atoms with E-state index in [9.17, 15) is 45.3 Å². The molecule has 0 radical (unpaired) electrons. The van der Waals surface area contributed by atoms with Crippen LogP contribution >= 0.6 is 0 Å². The van der Waals surface area contributed by atoms with Gasteiger partial charge in [-0.2, -0.15) is 0 Å². The van der Waals surface area contributed by atoms with Gasteiger partial charge in [0.1, 0.15) is 48.8 Å². The van der Waals surface area contributed by atoms with Crippen LogP contribution in [0.2, 0.25) is 0 Å². The second-order valence-electron chi connectivity index (χ2n) is 23.3. The van der Waals surface area contributed by atoms with Crippen LogP contribution in [0.3, 0.4) is 0 Å². The number of hydrogen-bond acceptors (Lipinski definition) is 16. The first kappa shape index (κ1) is 49.9. The lowest BCUT2D eigenvalue weighted by Gasteiger charge is -2.69. The van der Waals surface area contributed by atoms with Crippen LogP contribution in [0.5, 0.6) is 17.2 Å². The van der Waals surface area contributed by atoms with Crippen LogP contribution in [0.15, 0.2) is 23.8 Å². The van der Waals surface area contributed by atoms with E-state index in [4.69, 9.17) is 37.9 Å². The van der Waals surface area contributed by atoms with E-state index in [-0.39, 0.29) is 52.6 Å². The average molecular weight is 959 g/mol. The summed E-state index contributed by atoms with van der Waals surface area (Å²) in [4.78, 5) is 27.8. The number of methoxy groups -OCH3 is 3. The summed E-state index contributed by atoms with van der Waals surface area (Å²) < 4.78 is 47.2. The number of esters is 1. The molecule has 68 heavy (non-hydrogen) atoms. The molecule has 380 valence electrons. The molecule has 8 aliphatic rings. The van der Waals surface area contributed by atoms with Gasteiger partial charge >= 0.3 is 11.9 Å². The van der Waals surface area contributed by atoms with Crippen LogP contribution in [-0.4, -0.2) is 150 Å². The van der Waals surface area contributed by atoms with Crippen molar-refractivity contribution in [3.8, 4) is 17.2 Å². The third-order valence-corrected chi connectivity index (χ3v) is 19.4. The van der Waals surface area contributed by atoms with Gasteiger partial charge in [0, 0.05) is 17.3 Å². The van der Waals surface area contributed by atoms with E-state index in [1.165, 1.54) is 26.9 Å². The van der Waals surface area contributed by atoms with Gasteiger partial charge in [0.05, 0.1) is 51.6 Å². The monoisotopic (exact) mass is 958 g/mol. The standard InChI is InChI=1S/C51H74O17/c1-46(2)20-27-26-10-11-33-48(5)14-13-34(67-44-41(38(56)37(55)31(22-52)65-44)68-43-39(57)36(54)28(53)23-64-43)47(3,4)32(48)12-15-49(33,6)51(26)19-25(51)18-50(27,45(59)60)21-35(46)66-42(58)24-16-29(61-7)40(63-9)30(17-24)62-8/h10,16-17,25,27-28,31-39,41,43-44,52-57H,11-15,18-23H2,1-9H3,(H,59,60)/t25-,27+,28-,31-,32+,33-,34+,35+,36+,37-,38+,39-,41-,43+,44+,48+,49-,50-,51-/m1/s1. The molecular formula is C51H74O17. The Balaban J connectivity index is 0.958. The van der Waals surface area contributed by atoms with Crippen molar-refractivity contribution in [2.75, 3.05) is 34.5 Å². The highest BCUT2D eigenvalue weighted by atomic mass is 16.8. The van der Waals surface area contributed by atoms with Gasteiger partial charge in [-0.15, -0.1) is 0 Å². The van der Waals surface area contributed by atoms with Crippen LogP contribution in [0.4, 0.5) is 0 Å². The number of aliphatic hydroxyl groups excluding tert-OH is 6. The zero-order chi connectivity index (χ0) is 49.3. The predicted octanol–water partition coefficient (Wildman–Crippen LogP) is 3.99. The highest BCUT2D eigenvalue weighted by molar-refractivity contribution is 5.91. The number of carbonyl (C=O) groups excluding carboxylic acids is 1. The van der Waals surface area contributed by atoms with Crippen molar-refractivity contribution in [2.24, 2.45) is 56.2 Å². The van der Waals surface area contributed by atoms with E-state index >= 15 is 0 Å². The quantitative estimate of drug-likeness (QED) is 0.0941. The first-order chi connectivity index (χ1) is 32.0. The number of aliphatic hydroxyl groups is 6. The molecule has 1 aromatic carbocycles. The Morgan fingerprint density at radius 1 is 0.765 bits per heavy atom. The van der Waals surface area contributed by atoms with Crippen LogP contribution in [-0.2, 0) is 28.5 Å². The van der Waals surface area contributed by atoms with Crippen LogP contribution in [0.25, 0.3) is 0 Å². The number of allylic oxidation sites excluding steroid dienone is 2. The van der Waals surface area contributed by atoms with Crippen LogP contribution < -0.4 is 14.2 Å². The molecule has 17 nitrogen and oxygen atoms in total. The van der Waals surface area contributed by atoms with Gasteiger partial charge in [0.15, 0.2) is 24.1 Å². The number of hydrogen-bond donors (Lipinski definition) is 7. The molecule has 0 unspecified atom stereocenters. The Labute approximate surface area is 398 Å². The molecule has 0 bridgehead atoms. The van der Waals surface area contributed by atoms with E-state index in [2.05, 4.69) is 47.6 Å². The number of benzene rings is 1. The second-order valence-corrected chi connectivity index (χ2v) is 23.3. The molecule has 2 heterocycles. The molecule has 19 atom stereocenters. The van der Waals surface area contributed by atoms with E-state index in [0.717, 1.165) is 32.1 Å². The zero-order valence-corrected chi connectivity index (χ0v) is 40.9. The maximum Gasteiger partial charge on any atom is 0.338 e. The lowest BCUT2D eigenvalue weighted by atomic mass is 9.36. The SMILES string of the molecule is COc1cc(C(=O)O[C@H]2C[C@]3(C(=O)O)C[C@@H]4C[C@]45C(=CC[C@@H]4[C@@]6(C)CC[C@H](O[C@@H]7O[C@H](CO)[C@@H](O)[C@H](O)[C@H]7O[C@@H]7OC[C@@H](O)[C@H](O)[C@H]7O)C(C)(C)[C@@H]6CC[C@]45C)[C@@H]3CC2(C)C)cc(OC)c1OC. The summed E-state index contributed by atoms with van der Waals surface area (Å²) in [6, 6.07) is 3.10. The van der Waals surface area contributed by atoms with Gasteiger partial charge in [0.2, 0.25) is 5.75 Å². The Hall–Kier alpha value is -3.10. The summed E-state index contributed by atoms with van der Waals surface area (Å²) in [6.45, 7) is 12.6. The van der Waals surface area contributed by atoms with Gasteiger partial charge in [-0.3, -0.25) is 4.79 Å². The van der Waals surface area contributed by atoms with Crippen LogP contribution in [0, 0.1) is 56.2 Å². The normalized spacial score (nSPS) is 46.5. The summed E-state index contributed by atoms with van der Waals surface area (Å²) in [5, 5.41) is 74.8. The van der Waals surface area contributed by atoms with Gasteiger partial charge in [-0.25, -0.2) is 4.79 Å². The van der Waals surface area contributed by atoms with Crippen molar-refractivity contribution >= 4 is 11.9 Å². The molecule has 2 saturated heterocycles. The van der Waals surface area contributed by atoms with Crippen molar-refractivity contribution in [3.63, 3.8) is 0 Å². The van der Waals surface area contributed by atoms with E-state index in [1.54, 1.807) is 12.1 Å². The molecule has 0 amide bonds. The maximum absolute atomic E-state index is 13.9. The minimum Gasteiger partial charge on any atom is -0.493 e. The molecule has 1 spiro atoms.